The first-order valence-corrected chi connectivity index (χ1v) is 11.8. The third-order valence-corrected chi connectivity index (χ3v) is 6.20. The molecule has 2 aliphatic heterocycles. The number of ether oxygens (including phenoxy) is 4. The number of hydrogen-bond donors (Lipinski definition) is 0. The van der Waals surface area contributed by atoms with Gasteiger partial charge >= 0.3 is 18.1 Å². The van der Waals surface area contributed by atoms with Gasteiger partial charge in [-0.2, -0.15) is 0 Å². The molecule has 2 aliphatic rings. The minimum atomic E-state index is -4.16. The molecule has 0 spiro atoms. The maximum atomic E-state index is 12.8. The first-order valence-electron chi connectivity index (χ1n) is 8.96. The van der Waals surface area contributed by atoms with E-state index >= 15 is 0 Å². The van der Waals surface area contributed by atoms with Crippen molar-refractivity contribution in [2.24, 2.45) is 0 Å². The lowest BCUT2D eigenvalue weighted by Crippen LogP contribution is -2.71. The summed E-state index contributed by atoms with van der Waals surface area (Å²) in [6.07, 6.45) is -3.24. The van der Waals surface area contributed by atoms with Gasteiger partial charge in [-0.1, -0.05) is 34.8 Å². The fourth-order valence-electron chi connectivity index (χ4n) is 2.85. The van der Waals surface area contributed by atoms with Gasteiger partial charge < -0.3 is 18.9 Å². The molecule has 0 bridgehead atoms. The van der Waals surface area contributed by atoms with Crippen molar-refractivity contribution < 1.29 is 46.5 Å². The van der Waals surface area contributed by atoms with Crippen LogP contribution in [0.1, 0.15) is 27.7 Å². The fourth-order valence-corrected chi connectivity index (χ4v) is 4.97. The van der Waals surface area contributed by atoms with Crippen molar-refractivity contribution in [2.45, 2.75) is 48.6 Å². The average molecular weight is 537 g/mol. The molecule has 0 aromatic rings. The highest BCUT2D eigenvalue weighted by Crippen LogP contribution is 2.39. The van der Waals surface area contributed by atoms with Crippen molar-refractivity contribution in [3.8, 4) is 0 Å². The zero-order valence-electron chi connectivity index (χ0n) is 17.3. The van der Waals surface area contributed by atoms with Crippen molar-refractivity contribution in [1.82, 2.24) is 4.90 Å². The van der Waals surface area contributed by atoms with Crippen LogP contribution in [0, 0.1) is 0 Å². The van der Waals surface area contributed by atoms with Crippen LogP contribution in [-0.2, 0) is 43.2 Å². The van der Waals surface area contributed by atoms with Crippen LogP contribution < -0.4 is 0 Å². The van der Waals surface area contributed by atoms with Crippen LogP contribution in [0.25, 0.3) is 0 Å². The summed E-state index contributed by atoms with van der Waals surface area (Å²) in [5.41, 5.74) is -1.54. The predicted octanol–water partition coefficient (Wildman–Crippen LogP) is 1.63. The van der Waals surface area contributed by atoms with Gasteiger partial charge in [-0.15, -0.1) is 0 Å². The lowest BCUT2D eigenvalue weighted by Gasteiger charge is -2.48. The van der Waals surface area contributed by atoms with E-state index in [2.05, 4.69) is 4.74 Å². The predicted molar refractivity (Wildman–Crippen MR) is 110 cm³/mol. The quantitative estimate of drug-likeness (QED) is 0.220. The zero-order valence-corrected chi connectivity index (χ0v) is 20.4. The SMILES string of the molecule is CC(=O)OCC1=C(C(=O)OC(C)(C)C)N2C(=O)[C@@H](OC(=O)OCC(Cl)(Cl)Cl)[C@H]2S(=O)(=O)C1. The molecule has 0 aromatic heterocycles. The number of sulfone groups is 1. The molecule has 15 heteroatoms. The van der Waals surface area contributed by atoms with Gasteiger partial charge in [-0.25, -0.2) is 18.0 Å². The Labute approximate surface area is 198 Å². The molecule has 0 aliphatic carbocycles. The second kappa shape index (κ2) is 9.24. The molecule has 1 fully saturated rings. The molecule has 1 saturated heterocycles. The normalized spacial score (nSPS) is 22.5. The smallest absolute Gasteiger partial charge is 0.461 e. The summed E-state index contributed by atoms with van der Waals surface area (Å²) >= 11 is 16.4. The van der Waals surface area contributed by atoms with Gasteiger partial charge in [0.15, 0.2) is 15.2 Å². The van der Waals surface area contributed by atoms with Crippen LogP contribution >= 0.6 is 34.8 Å². The van der Waals surface area contributed by atoms with Crippen LogP contribution in [0.2, 0.25) is 0 Å². The van der Waals surface area contributed by atoms with E-state index in [0.717, 1.165) is 6.92 Å². The number of β-lactam (4-membered cyclic amide) rings is 1. The average Bonchev–Trinajstić information content (AvgIpc) is 2.59. The highest BCUT2D eigenvalue weighted by atomic mass is 35.6. The third-order valence-electron chi connectivity index (χ3n) is 3.93. The molecule has 2 heterocycles. The summed E-state index contributed by atoms with van der Waals surface area (Å²) in [6, 6.07) is 0. The van der Waals surface area contributed by atoms with Crippen molar-refractivity contribution in [3.05, 3.63) is 11.3 Å². The first kappa shape index (κ1) is 26.5. The van der Waals surface area contributed by atoms with E-state index in [0.29, 0.717) is 4.90 Å². The highest BCUT2D eigenvalue weighted by Gasteiger charge is 2.62. The maximum absolute atomic E-state index is 12.8. The molecule has 180 valence electrons. The molecule has 0 unspecified atom stereocenters. The van der Waals surface area contributed by atoms with Crippen molar-refractivity contribution in [3.63, 3.8) is 0 Å². The fraction of sp³-hybridized carbons (Fsp3) is 0.647. The summed E-state index contributed by atoms with van der Waals surface area (Å²) < 4.78 is 43.1. The Balaban J connectivity index is 2.35. The van der Waals surface area contributed by atoms with E-state index in [-0.39, 0.29) is 5.57 Å². The van der Waals surface area contributed by atoms with E-state index in [1.54, 1.807) is 20.8 Å². The van der Waals surface area contributed by atoms with E-state index < -0.39 is 79.4 Å². The number of amides is 1. The van der Waals surface area contributed by atoms with Crippen molar-refractivity contribution in [1.29, 1.82) is 0 Å². The minimum Gasteiger partial charge on any atom is -0.461 e. The minimum absolute atomic E-state index is 0.156. The summed E-state index contributed by atoms with van der Waals surface area (Å²) in [6.45, 7) is 4.52. The lowest BCUT2D eigenvalue weighted by molar-refractivity contribution is -0.166. The number of nitrogens with zero attached hydrogens (tertiary/aromatic N) is 1. The molecule has 11 nitrogen and oxygen atoms in total. The van der Waals surface area contributed by atoms with E-state index in [1.165, 1.54) is 0 Å². The number of hydrogen-bond acceptors (Lipinski definition) is 10. The Kier molecular flexibility index (Phi) is 7.65. The van der Waals surface area contributed by atoms with Gasteiger partial charge in [0.1, 0.15) is 24.5 Å². The number of carbonyl (C=O) groups excluding carboxylic acids is 4. The van der Waals surface area contributed by atoms with E-state index in [1.807, 2.05) is 0 Å². The molecule has 1 amide bonds. The molecule has 0 aromatic carbocycles. The van der Waals surface area contributed by atoms with Gasteiger partial charge in [0.2, 0.25) is 9.90 Å². The summed E-state index contributed by atoms with van der Waals surface area (Å²) in [4.78, 5) is 49.1. The molecular weight excluding hydrogens is 517 g/mol. The van der Waals surface area contributed by atoms with Gasteiger partial charge in [-0.05, 0) is 20.8 Å². The number of esters is 2. The lowest BCUT2D eigenvalue weighted by atomic mass is 10.0. The maximum Gasteiger partial charge on any atom is 0.509 e. The number of halogens is 3. The first-order chi connectivity index (χ1) is 14.4. The second-order valence-corrected chi connectivity index (χ2v) is 12.4. The van der Waals surface area contributed by atoms with Gasteiger partial charge in [0, 0.05) is 12.5 Å². The zero-order chi connectivity index (χ0) is 24.6. The standard InChI is InChI=1S/C17H20Cl3NO10S/c1-8(22)28-5-9-6-32(26,27)13-11(30-15(25)29-7-17(18,19)20)12(23)21(13)10(9)14(24)31-16(2,3)4/h11,13H,5-7H2,1-4H3/t11-,13-/m1/s1. The molecule has 0 radical (unpaired) electrons. The van der Waals surface area contributed by atoms with Crippen LogP contribution in [0.4, 0.5) is 4.79 Å². The Hall–Kier alpha value is -1.76. The Morgan fingerprint density at radius 3 is 2.22 bits per heavy atom. The van der Waals surface area contributed by atoms with Gasteiger partial charge in [0.05, 0.1) is 5.75 Å². The van der Waals surface area contributed by atoms with Crippen LogP contribution in [0.15, 0.2) is 11.3 Å². The molecule has 2 rings (SSSR count). The molecule has 2 atom stereocenters. The molecule has 0 saturated carbocycles. The van der Waals surface area contributed by atoms with Gasteiger partial charge in [-0.3, -0.25) is 14.5 Å². The largest absolute Gasteiger partial charge is 0.509 e. The highest BCUT2D eigenvalue weighted by molar-refractivity contribution is 7.92. The van der Waals surface area contributed by atoms with Crippen LogP contribution in [0.5, 0.6) is 0 Å². The number of alkyl halides is 3. The molecule has 0 N–H and O–H groups in total. The summed E-state index contributed by atoms with van der Waals surface area (Å²) in [5, 5.41) is -1.71. The van der Waals surface area contributed by atoms with Gasteiger partial charge in [0.25, 0.3) is 5.91 Å². The summed E-state index contributed by atoms with van der Waals surface area (Å²) in [7, 11) is -4.16. The van der Waals surface area contributed by atoms with Crippen LogP contribution in [0.3, 0.4) is 0 Å². The van der Waals surface area contributed by atoms with E-state index in [9.17, 15) is 27.6 Å². The van der Waals surface area contributed by atoms with Crippen molar-refractivity contribution >= 4 is 68.6 Å². The Morgan fingerprint density at radius 2 is 1.72 bits per heavy atom. The third kappa shape index (κ3) is 6.40. The Bertz CT molecular complexity index is 964. The molecular formula is C17H20Cl3NO10S. The summed E-state index contributed by atoms with van der Waals surface area (Å²) in [5.74, 6) is -3.50. The molecule has 32 heavy (non-hydrogen) atoms. The number of rotatable bonds is 5. The number of fused-ring (bicyclic) bond motifs is 1. The Morgan fingerprint density at radius 1 is 1.12 bits per heavy atom. The monoisotopic (exact) mass is 535 g/mol. The van der Waals surface area contributed by atoms with Crippen LogP contribution in [-0.4, -0.2) is 77.2 Å². The second-order valence-electron chi connectivity index (χ2n) is 7.83. The topological polar surface area (TPSA) is 143 Å². The van der Waals surface area contributed by atoms with E-state index in [4.69, 9.17) is 49.0 Å². The van der Waals surface area contributed by atoms with Crippen molar-refractivity contribution in [2.75, 3.05) is 19.0 Å². The number of carbonyl (C=O) groups is 4.